The molecule has 1 aromatic carbocycles. The maximum atomic E-state index is 14.1. The highest BCUT2D eigenvalue weighted by Gasteiger charge is 2.42. The van der Waals surface area contributed by atoms with Crippen molar-refractivity contribution in [2.75, 3.05) is 27.7 Å². The van der Waals surface area contributed by atoms with Gasteiger partial charge in [-0.25, -0.2) is 4.98 Å². The van der Waals surface area contributed by atoms with Gasteiger partial charge in [-0.2, -0.15) is 0 Å². The van der Waals surface area contributed by atoms with E-state index in [0.717, 1.165) is 50.6 Å². The van der Waals surface area contributed by atoms with Gasteiger partial charge in [0, 0.05) is 37.9 Å². The number of nitrogens with one attached hydrogen (secondary N) is 2. The Hall–Kier alpha value is -3.39. The summed E-state index contributed by atoms with van der Waals surface area (Å²) >= 11 is 1.28. The monoisotopic (exact) mass is 741 g/mol. The molecule has 13 heteroatoms. The molecule has 1 unspecified atom stereocenters. The van der Waals surface area contributed by atoms with Gasteiger partial charge in [0.05, 0.1) is 24.8 Å². The predicted octanol–water partition coefficient (Wildman–Crippen LogP) is 4.78. The summed E-state index contributed by atoms with van der Waals surface area (Å²) in [5, 5.41) is 19.9. The summed E-state index contributed by atoms with van der Waals surface area (Å²) in [7, 11) is 5.11. The second-order valence-corrected chi connectivity index (χ2v) is 15.9. The van der Waals surface area contributed by atoms with Gasteiger partial charge in [-0.05, 0) is 69.5 Å². The average molecular weight is 742 g/mol. The van der Waals surface area contributed by atoms with Crippen LogP contribution in [0.5, 0.6) is 0 Å². The van der Waals surface area contributed by atoms with Gasteiger partial charge in [0.2, 0.25) is 11.8 Å². The number of likely N-dealkylation sites (N-methyl/N-ethyl adjacent to an activating group) is 2. The summed E-state index contributed by atoms with van der Waals surface area (Å²) in [4.78, 5) is 60.8. The number of amides is 2. The summed E-state index contributed by atoms with van der Waals surface area (Å²) in [6.45, 7) is 8.05. The lowest BCUT2D eigenvalue weighted by molar-refractivity contribution is -0.149. The minimum atomic E-state index is -1.15. The van der Waals surface area contributed by atoms with Crippen LogP contribution >= 0.6 is 11.3 Å². The molecule has 4 rings (SSSR count). The first-order chi connectivity index (χ1) is 24.8. The SMILES string of the molecule is COC(=O)[C@@H](C)C[C@H](Cc1ccccc1)NC(O)c1csc([C@@H](C[C@H](C(C)C)N(C)C(=O)[C@@H](NC(=O)[C@H]2CCCCCN2C)C2CC2)OC(C)=O)n1. The van der Waals surface area contributed by atoms with E-state index in [1.165, 1.54) is 25.4 Å². The van der Waals surface area contributed by atoms with Crippen molar-refractivity contribution in [3.8, 4) is 0 Å². The van der Waals surface area contributed by atoms with E-state index in [2.05, 4.69) is 15.5 Å². The van der Waals surface area contributed by atoms with Gasteiger partial charge in [-0.1, -0.05) is 63.9 Å². The zero-order chi connectivity index (χ0) is 37.9. The summed E-state index contributed by atoms with van der Waals surface area (Å²) in [5.74, 6) is -1.33. The molecular weight excluding hydrogens is 683 g/mol. The highest BCUT2D eigenvalue weighted by atomic mass is 32.1. The number of aliphatic hydroxyl groups excluding tert-OH is 1. The van der Waals surface area contributed by atoms with Crippen molar-refractivity contribution in [3.05, 3.63) is 52.0 Å². The number of ether oxygens (including phenoxy) is 2. The highest BCUT2D eigenvalue weighted by molar-refractivity contribution is 7.09. The molecule has 1 saturated carbocycles. The molecule has 52 heavy (non-hydrogen) atoms. The maximum absolute atomic E-state index is 14.1. The first kappa shape index (κ1) is 41.4. The Morgan fingerprint density at radius 3 is 2.40 bits per heavy atom. The van der Waals surface area contributed by atoms with Crippen LogP contribution in [0.3, 0.4) is 0 Å². The molecule has 1 saturated heterocycles. The largest absolute Gasteiger partial charge is 0.469 e. The molecule has 0 bridgehead atoms. The molecule has 0 radical (unpaired) electrons. The van der Waals surface area contributed by atoms with Gasteiger partial charge >= 0.3 is 11.9 Å². The lowest BCUT2D eigenvalue weighted by atomic mass is 9.95. The Balaban J connectivity index is 1.48. The summed E-state index contributed by atoms with van der Waals surface area (Å²) in [5.41, 5.74) is 1.42. The number of aromatic nitrogens is 1. The normalized spacial score (nSPS) is 20.1. The molecule has 288 valence electrons. The molecule has 2 fully saturated rings. The molecule has 1 aliphatic carbocycles. The minimum absolute atomic E-state index is 0.00205. The molecule has 1 aliphatic heterocycles. The van der Waals surface area contributed by atoms with Gasteiger partial charge in [-0.15, -0.1) is 11.3 Å². The second-order valence-electron chi connectivity index (χ2n) is 15.0. The number of thiazole rings is 1. The number of hydrogen-bond donors (Lipinski definition) is 3. The second kappa shape index (κ2) is 19.6. The number of benzene rings is 1. The molecule has 2 amide bonds. The van der Waals surface area contributed by atoms with Crippen LogP contribution in [0.4, 0.5) is 0 Å². The Bertz CT molecular complexity index is 1470. The van der Waals surface area contributed by atoms with E-state index in [1.807, 2.05) is 51.2 Å². The lowest BCUT2D eigenvalue weighted by Crippen LogP contribution is -2.56. The van der Waals surface area contributed by atoms with Crippen molar-refractivity contribution < 1.29 is 33.8 Å². The van der Waals surface area contributed by atoms with Gasteiger partial charge in [-0.3, -0.25) is 29.4 Å². The number of nitrogens with zero attached hydrogens (tertiary/aromatic N) is 3. The van der Waals surface area contributed by atoms with E-state index in [4.69, 9.17) is 14.5 Å². The van der Waals surface area contributed by atoms with Crippen molar-refractivity contribution >= 4 is 35.1 Å². The van der Waals surface area contributed by atoms with Crippen molar-refractivity contribution in [1.29, 1.82) is 0 Å². The first-order valence-corrected chi connectivity index (χ1v) is 19.6. The number of carbonyl (C=O) groups is 4. The van der Waals surface area contributed by atoms with Crippen LogP contribution in [0.15, 0.2) is 35.7 Å². The number of methoxy groups -OCH3 is 1. The Kier molecular flexibility index (Phi) is 15.6. The third-order valence-electron chi connectivity index (χ3n) is 10.4. The number of hydrogen-bond acceptors (Lipinski definition) is 11. The molecule has 3 N–H and O–H groups in total. The quantitative estimate of drug-likeness (QED) is 0.144. The van der Waals surface area contributed by atoms with Crippen LogP contribution in [0.1, 0.15) is 108 Å². The van der Waals surface area contributed by atoms with Crippen LogP contribution in [-0.4, -0.2) is 95.6 Å². The highest BCUT2D eigenvalue weighted by Crippen LogP contribution is 2.36. The van der Waals surface area contributed by atoms with Crippen molar-refractivity contribution in [1.82, 2.24) is 25.4 Å². The molecule has 7 atom stereocenters. The van der Waals surface area contributed by atoms with Crippen molar-refractivity contribution in [2.45, 2.75) is 122 Å². The molecule has 0 spiro atoms. The smallest absolute Gasteiger partial charge is 0.308 e. The lowest BCUT2D eigenvalue weighted by Gasteiger charge is -2.36. The zero-order valence-electron chi connectivity index (χ0n) is 31.9. The van der Waals surface area contributed by atoms with Crippen LogP contribution < -0.4 is 10.6 Å². The van der Waals surface area contributed by atoms with Gasteiger partial charge in [0.1, 0.15) is 17.3 Å². The summed E-state index contributed by atoms with van der Waals surface area (Å²) in [6.07, 6.45) is 5.09. The fourth-order valence-corrected chi connectivity index (χ4v) is 8.12. The van der Waals surface area contributed by atoms with E-state index < -0.39 is 30.3 Å². The third kappa shape index (κ3) is 11.8. The zero-order valence-corrected chi connectivity index (χ0v) is 32.7. The molecule has 2 aromatic rings. The van der Waals surface area contributed by atoms with E-state index in [9.17, 15) is 24.3 Å². The topological polar surface area (TPSA) is 150 Å². The van der Waals surface area contributed by atoms with Crippen LogP contribution in [0.2, 0.25) is 0 Å². The number of esters is 2. The summed E-state index contributed by atoms with van der Waals surface area (Å²) < 4.78 is 10.8. The van der Waals surface area contributed by atoms with Crippen LogP contribution in [0.25, 0.3) is 0 Å². The van der Waals surface area contributed by atoms with Gasteiger partial charge < -0.3 is 24.8 Å². The summed E-state index contributed by atoms with van der Waals surface area (Å²) in [6, 6.07) is 8.37. The number of aliphatic hydroxyl groups is 1. The molecule has 1 aromatic heterocycles. The Morgan fingerprint density at radius 1 is 1.06 bits per heavy atom. The fraction of sp³-hybridized carbons (Fsp3) is 0.667. The predicted molar refractivity (Wildman–Crippen MR) is 200 cm³/mol. The van der Waals surface area contributed by atoms with E-state index >= 15 is 0 Å². The van der Waals surface area contributed by atoms with Crippen molar-refractivity contribution in [2.24, 2.45) is 17.8 Å². The number of likely N-dealkylation sites (tertiary alicyclic amines) is 1. The molecule has 12 nitrogen and oxygen atoms in total. The van der Waals surface area contributed by atoms with E-state index in [1.54, 1.807) is 24.3 Å². The standard InChI is InChI=1S/C39H59N5O7S/c1-24(2)32(44(6)38(48)34(28-17-18-28)42-36(47)31-16-12-9-13-19-43(31)5)22-33(51-26(4)45)37-41-30(23-52-37)35(46)40-29(20-25(3)39(49)50-7)21-27-14-10-8-11-15-27/h8,10-11,14-15,23-25,28-29,31-35,40,46H,9,12-13,16-22H2,1-7H3,(H,42,47)/t25-,29+,31+,32+,33+,34-,35?/m0/s1. The van der Waals surface area contributed by atoms with Crippen LogP contribution in [-0.2, 0) is 35.1 Å². The van der Waals surface area contributed by atoms with Gasteiger partial charge in [0.15, 0.2) is 6.10 Å². The molecular formula is C39H59N5O7S. The third-order valence-corrected chi connectivity index (χ3v) is 11.4. The number of carbonyl (C=O) groups excluding carboxylic acids is 4. The maximum Gasteiger partial charge on any atom is 0.308 e. The van der Waals surface area contributed by atoms with Crippen LogP contribution in [0, 0.1) is 17.8 Å². The Morgan fingerprint density at radius 2 is 1.77 bits per heavy atom. The van der Waals surface area contributed by atoms with Crippen molar-refractivity contribution in [3.63, 3.8) is 0 Å². The van der Waals surface area contributed by atoms with E-state index in [-0.39, 0.29) is 47.7 Å². The first-order valence-electron chi connectivity index (χ1n) is 18.7. The molecule has 2 heterocycles. The number of rotatable bonds is 18. The van der Waals surface area contributed by atoms with E-state index in [0.29, 0.717) is 30.0 Å². The molecule has 2 aliphatic rings. The Labute approximate surface area is 313 Å². The fourth-order valence-electron chi connectivity index (χ4n) is 7.24. The van der Waals surface area contributed by atoms with Gasteiger partial charge in [0.25, 0.3) is 0 Å². The average Bonchev–Trinajstić information content (AvgIpc) is 3.88. The minimum Gasteiger partial charge on any atom is -0.469 e.